The molecule has 0 aliphatic rings. The highest BCUT2D eigenvalue weighted by Crippen LogP contribution is 2.20. The highest BCUT2D eigenvalue weighted by molar-refractivity contribution is 9.10. The van der Waals surface area contributed by atoms with Crippen LogP contribution in [-0.4, -0.2) is 24.5 Å². The summed E-state index contributed by atoms with van der Waals surface area (Å²) in [6.45, 7) is 0.625. The van der Waals surface area contributed by atoms with Gasteiger partial charge in [0.05, 0.1) is 6.54 Å². The van der Waals surface area contributed by atoms with E-state index in [0.717, 1.165) is 9.35 Å². The maximum absolute atomic E-state index is 5.91. The number of hydrogen-bond acceptors (Lipinski definition) is 6. The first-order valence-electron chi connectivity index (χ1n) is 5.57. The molecule has 0 bridgehead atoms. The zero-order valence-corrected chi connectivity index (χ0v) is 13.2. The minimum absolute atomic E-state index is 0.138. The molecule has 0 unspecified atom stereocenters. The molecule has 0 fully saturated rings. The van der Waals surface area contributed by atoms with E-state index in [2.05, 4.69) is 41.2 Å². The number of nitrogens with one attached hydrogen (secondary N) is 1. The zero-order chi connectivity index (χ0) is 13.9. The van der Waals surface area contributed by atoms with Crippen molar-refractivity contribution < 1.29 is 0 Å². The van der Waals surface area contributed by atoms with Gasteiger partial charge in [0.25, 0.3) is 0 Å². The maximum Gasteiger partial charge on any atom is 0.241 e. The van der Waals surface area contributed by atoms with Gasteiger partial charge in [0.15, 0.2) is 0 Å². The van der Waals surface area contributed by atoms with Crippen molar-refractivity contribution in [3.05, 3.63) is 44.8 Å². The normalized spacial score (nSPS) is 10.7. The fourth-order valence-corrected chi connectivity index (χ4v) is 3.07. The van der Waals surface area contributed by atoms with E-state index >= 15 is 0 Å². The Morgan fingerprint density at radius 2 is 2.25 bits per heavy atom. The number of halogens is 2. The van der Waals surface area contributed by atoms with E-state index in [1.165, 1.54) is 0 Å². The van der Waals surface area contributed by atoms with Gasteiger partial charge in [-0.1, -0.05) is 0 Å². The van der Waals surface area contributed by atoms with Crippen molar-refractivity contribution in [2.75, 3.05) is 5.32 Å². The van der Waals surface area contributed by atoms with Crippen LogP contribution >= 0.6 is 38.9 Å². The fourth-order valence-electron chi connectivity index (χ4n) is 1.52. The van der Waals surface area contributed by atoms with Crippen LogP contribution in [0.2, 0.25) is 5.28 Å². The molecule has 6 nitrogen and oxygen atoms in total. The van der Waals surface area contributed by atoms with Crippen LogP contribution in [0.4, 0.5) is 5.95 Å². The molecule has 0 saturated heterocycles. The Balaban J connectivity index is 1.79. The van der Waals surface area contributed by atoms with Crippen molar-refractivity contribution >= 4 is 44.8 Å². The molecule has 1 N–H and O–H groups in total. The summed E-state index contributed by atoms with van der Waals surface area (Å²) in [6.07, 6.45) is 4.99. The molecular weight excluding hydrogens is 364 g/mol. The van der Waals surface area contributed by atoms with Crippen molar-refractivity contribution in [3.63, 3.8) is 0 Å². The standard InChI is InChI=1S/C11H8BrClN6S/c12-7-3-8(20-5-7)4-15-10-16-9(13)17-11(18-10)19-2-1-14-6-19/h1-3,5-6H,4H2,(H,15,16,17,18). The maximum atomic E-state index is 5.91. The Morgan fingerprint density at radius 3 is 2.95 bits per heavy atom. The Morgan fingerprint density at radius 1 is 1.35 bits per heavy atom. The van der Waals surface area contributed by atoms with Gasteiger partial charge in [-0.3, -0.25) is 4.57 Å². The highest BCUT2D eigenvalue weighted by atomic mass is 79.9. The van der Waals surface area contributed by atoms with Gasteiger partial charge < -0.3 is 5.32 Å². The molecule has 0 aliphatic heterocycles. The first-order valence-corrected chi connectivity index (χ1v) is 7.62. The van der Waals surface area contributed by atoms with Gasteiger partial charge in [-0.05, 0) is 33.6 Å². The second kappa shape index (κ2) is 5.86. The first-order chi connectivity index (χ1) is 9.70. The van der Waals surface area contributed by atoms with Crippen LogP contribution < -0.4 is 5.32 Å². The second-order valence-electron chi connectivity index (χ2n) is 3.78. The van der Waals surface area contributed by atoms with Crippen LogP contribution in [0.5, 0.6) is 0 Å². The van der Waals surface area contributed by atoms with Crippen molar-refractivity contribution in [2.24, 2.45) is 0 Å². The molecule has 0 saturated carbocycles. The molecule has 0 spiro atoms. The number of aromatic nitrogens is 5. The molecule has 3 rings (SSSR count). The van der Waals surface area contributed by atoms with E-state index in [-0.39, 0.29) is 5.28 Å². The van der Waals surface area contributed by atoms with E-state index in [4.69, 9.17) is 11.6 Å². The molecule has 0 aromatic carbocycles. The molecular formula is C11H8BrClN6S. The summed E-state index contributed by atoms with van der Waals surface area (Å²) < 4.78 is 2.73. The first kappa shape index (κ1) is 13.5. The second-order valence-corrected chi connectivity index (χ2v) is 6.03. The molecule has 0 atom stereocenters. The largest absolute Gasteiger partial charge is 0.349 e. The Labute approximate surface area is 132 Å². The average molecular weight is 372 g/mol. The summed E-state index contributed by atoms with van der Waals surface area (Å²) in [5.74, 6) is 0.857. The lowest BCUT2D eigenvalue weighted by atomic mass is 10.5. The smallest absolute Gasteiger partial charge is 0.241 e. The van der Waals surface area contributed by atoms with Gasteiger partial charge in [0.1, 0.15) is 6.33 Å². The van der Waals surface area contributed by atoms with Crippen LogP contribution in [0.25, 0.3) is 5.95 Å². The van der Waals surface area contributed by atoms with E-state index in [1.54, 1.807) is 34.6 Å². The van der Waals surface area contributed by atoms with Gasteiger partial charge in [-0.15, -0.1) is 11.3 Å². The van der Waals surface area contributed by atoms with E-state index in [9.17, 15) is 0 Å². The van der Waals surface area contributed by atoms with Gasteiger partial charge in [-0.25, -0.2) is 4.98 Å². The van der Waals surface area contributed by atoms with Crippen molar-refractivity contribution in [3.8, 4) is 5.95 Å². The van der Waals surface area contributed by atoms with E-state index in [0.29, 0.717) is 18.4 Å². The summed E-state index contributed by atoms with van der Waals surface area (Å²) in [6, 6.07) is 2.04. The Hall–Kier alpha value is -1.51. The predicted molar refractivity (Wildman–Crippen MR) is 81.3 cm³/mol. The van der Waals surface area contributed by atoms with Crippen LogP contribution in [0.1, 0.15) is 4.88 Å². The lowest BCUT2D eigenvalue weighted by molar-refractivity contribution is 0.889. The molecule has 20 heavy (non-hydrogen) atoms. The molecule has 3 heterocycles. The SMILES string of the molecule is Clc1nc(NCc2cc(Br)cs2)nc(-n2ccnc2)n1. The summed E-state index contributed by atoms with van der Waals surface area (Å²) in [5, 5.41) is 5.29. The van der Waals surface area contributed by atoms with Gasteiger partial charge in [0, 0.05) is 27.1 Å². The Kier molecular flexibility index (Phi) is 3.95. The average Bonchev–Trinajstić information content (AvgIpc) is 3.07. The van der Waals surface area contributed by atoms with Crippen molar-refractivity contribution in [1.82, 2.24) is 24.5 Å². The third-order valence-corrected chi connectivity index (χ3v) is 4.24. The Bertz CT molecular complexity index is 714. The van der Waals surface area contributed by atoms with Crippen LogP contribution in [0.3, 0.4) is 0 Å². The molecule has 3 aromatic heterocycles. The number of nitrogens with zero attached hydrogens (tertiary/aromatic N) is 5. The molecule has 102 valence electrons. The number of rotatable bonds is 4. The summed E-state index contributed by atoms with van der Waals surface area (Å²) in [7, 11) is 0. The van der Waals surface area contributed by atoms with Crippen LogP contribution in [0, 0.1) is 0 Å². The molecule has 0 radical (unpaired) electrons. The number of anilines is 1. The molecule has 3 aromatic rings. The summed E-state index contributed by atoms with van der Waals surface area (Å²) in [4.78, 5) is 17.5. The van der Waals surface area contributed by atoms with Crippen molar-refractivity contribution in [2.45, 2.75) is 6.54 Å². The number of hydrogen-bond donors (Lipinski definition) is 1. The van der Waals surface area contributed by atoms with Gasteiger partial charge >= 0.3 is 0 Å². The quantitative estimate of drug-likeness (QED) is 0.763. The molecule has 9 heteroatoms. The third-order valence-electron chi connectivity index (χ3n) is 2.37. The lowest BCUT2D eigenvalue weighted by Crippen LogP contribution is -2.07. The van der Waals surface area contributed by atoms with E-state index in [1.807, 2.05) is 11.4 Å². The van der Waals surface area contributed by atoms with Gasteiger partial charge in [0.2, 0.25) is 17.2 Å². The van der Waals surface area contributed by atoms with E-state index < -0.39 is 0 Å². The minimum atomic E-state index is 0.138. The minimum Gasteiger partial charge on any atom is -0.349 e. The summed E-state index contributed by atoms with van der Waals surface area (Å²) in [5.41, 5.74) is 0. The van der Waals surface area contributed by atoms with Crippen molar-refractivity contribution in [1.29, 1.82) is 0 Å². The topological polar surface area (TPSA) is 68.5 Å². The summed E-state index contributed by atoms with van der Waals surface area (Å²) >= 11 is 11.0. The molecule has 0 aliphatic carbocycles. The zero-order valence-electron chi connectivity index (χ0n) is 9.99. The van der Waals surface area contributed by atoms with Crippen LogP contribution in [0.15, 0.2) is 34.6 Å². The van der Waals surface area contributed by atoms with Gasteiger partial charge in [-0.2, -0.15) is 15.0 Å². The number of imidazole rings is 1. The highest BCUT2D eigenvalue weighted by Gasteiger charge is 2.07. The predicted octanol–water partition coefficient (Wildman–Crippen LogP) is 3.15. The third kappa shape index (κ3) is 3.14. The lowest BCUT2D eigenvalue weighted by Gasteiger charge is -2.05. The van der Waals surface area contributed by atoms with Crippen LogP contribution in [-0.2, 0) is 6.54 Å². The number of thiophene rings is 1. The fraction of sp³-hybridized carbons (Fsp3) is 0.0909. The molecule has 0 amide bonds. The monoisotopic (exact) mass is 370 g/mol.